The minimum Gasteiger partial charge on any atom is -0.360 e. The first kappa shape index (κ1) is 7.57. The van der Waals surface area contributed by atoms with Gasteiger partial charge in [0.25, 0.3) is 7.44 Å². The Balaban J connectivity index is 2.70. The molecule has 7 heteroatoms. The van der Waals surface area contributed by atoms with Gasteiger partial charge in [0.15, 0.2) is 5.85 Å². The van der Waals surface area contributed by atoms with E-state index in [4.69, 9.17) is 15.8 Å². The summed E-state index contributed by atoms with van der Waals surface area (Å²) in [5, 5.41) is 0. The third kappa shape index (κ3) is 1.30. The molecule has 1 aliphatic heterocycles. The van der Waals surface area contributed by atoms with Crippen LogP contribution in [0.3, 0.4) is 0 Å². The van der Waals surface area contributed by atoms with Gasteiger partial charge in [0.2, 0.25) is 0 Å². The van der Waals surface area contributed by atoms with Crippen molar-refractivity contribution in [2.75, 3.05) is 0 Å². The third-order valence-electron chi connectivity index (χ3n) is 1.22. The zero-order valence-electron chi connectivity index (χ0n) is 5.34. The molecule has 2 N–H and O–H groups in total. The van der Waals surface area contributed by atoms with Gasteiger partial charge in [-0.15, -0.1) is 0 Å². The molecule has 0 spiro atoms. The van der Waals surface area contributed by atoms with Crippen molar-refractivity contribution in [2.24, 2.45) is 10.4 Å². The molecule has 1 fully saturated rings. The maximum absolute atomic E-state index is 11.0. The average Bonchev–Trinajstić information content (AvgIpc) is 2.46. The summed E-state index contributed by atoms with van der Waals surface area (Å²) < 4.78 is 15.8. The van der Waals surface area contributed by atoms with Crippen molar-refractivity contribution in [3.63, 3.8) is 0 Å². The molecule has 1 aliphatic rings. The highest BCUT2D eigenvalue weighted by Gasteiger charge is 2.47. The first-order valence-electron chi connectivity index (χ1n) is 2.68. The van der Waals surface area contributed by atoms with E-state index in [1.54, 1.807) is 6.92 Å². The molecule has 1 heterocycles. The van der Waals surface area contributed by atoms with E-state index in [1.807, 2.05) is 0 Å². The number of hydrogen-bond donors (Lipinski definition) is 1. The molecular weight excluding hydrogens is 155 g/mol. The van der Waals surface area contributed by atoms with Gasteiger partial charge in [-0.3, -0.25) is 10.1 Å². The summed E-state index contributed by atoms with van der Waals surface area (Å²) >= 11 is 0. The number of nitrogens with two attached hydrogens (primary N) is 1. The number of azide groups is 1. The second-order valence-electron chi connectivity index (χ2n) is 2.08. The van der Waals surface area contributed by atoms with Crippen LogP contribution in [0.4, 0.5) is 0 Å². The summed E-state index contributed by atoms with van der Waals surface area (Å²) in [7, 11) is -3.22. The van der Waals surface area contributed by atoms with Crippen molar-refractivity contribution in [1.29, 1.82) is 0 Å². The second-order valence-corrected chi connectivity index (χ2v) is 4.12. The minimum absolute atomic E-state index is 0.138. The first-order valence-corrected chi connectivity index (χ1v) is 4.48. The largest absolute Gasteiger partial charge is 0.360 e. The quantitative estimate of drug-likeness (QED) is 0.217. The number of ether oxygens (including phenoxy) is 1. The van der Waals surface area contributed by atoms with Gasteiger partial charge in [-0.05, 0) is 17.3 Å². The molecule has 10 heavy (non-hydrogen) atoms. The normalized spacial score (nSPS) is 35.8. The number of nitrogens with zero attached hydrogens (tertiary/aromatic N) is 3. The Morgan fingerprint density at radius 2 is 2.40 bits per heavy atom. The molecule has 0 aromatic heterocycles. The Kier molecular flexibility index (Phi) is 1.70. The van der Waals surface area contributed by atoms with E-state index < -0.39 is 13.3 Å². The fourth-order valence-corrected chi connectivity index (χ4v) is 1.87. The maximum Gasteiger partial charge on any atom is 0.261 e. The van der Waals surface area contributed by atoms with E-state index in [2.05, 4.69) is 9.80 Å². The highest BCUT2D eigenvalue weighted by molar-refractivity contribution is 7.60. The molecule has 0 aromatic carbocycles. The first-order chi connectivity index (χ1) is 4.58. The summed E-state index contributed by atoms with van der Waals surface area (Å²) in [5.41, 5.74) is 13.0. The third-order valence-corrected chi connectivity index (χ3v) is 2.85. The zero-order valence-corrected chi connectivity index (χ0v) is 6.23. The van der Waals surface area contributed by atoms with E-state index in [9.17, 15) is 4.57 Å². The molecule has 1 saturated heterocycles. The fourth-order valence-electron chi connectivity index (χ4n) is 0.676. The van der Waals surface area contributed by atoms with Crippen molar-refractivity contribution < 1.29 is 9.30 Å². The van der Waals surface area contributed by atoms with Gasteiger partial charge in [0, 0.05) is 4.91 Å². The molecule has 3 atom stereocenters. The summed E-state index contributed by atoms with van der Waals surface area (Å²) in [4.78, 5) is 5.32. The van der Waals surface area contributed by atoms with Gasteiger partial charge in [0.1, 0.15) is 0 Å². The predicted octanol–water partition coefficient (Wildman–Crippen LogP) is 1.19. The lowest BCUT2D eigenvalue weighted by Gasteiger charge is -1.97. The van der Waals surface area contributed by atoms with E-state index >= 15 is 0 Å². The van der Waals surface area contributed by atoms with Gasteiger partial charge < -0.3 is 4.74 Å². The highest BCUT2D eigenvalue weighted by atomic mass is 31.2. The summed E-state index contributed by atoms with van der Waals surface area (Å²) in [6, 6.07) is 0. The molecule has 0 radical (unpaired) electrons. The lowest BCUT2D eigenvalue weighted by Crippen LogP contribution is -1.99. The number of hydrogen-bond acceptors (Lipinski definition) is 2. The summed E-state index contributed by atoms with van der Waals surface area (Å²) in [5.74, 6) is -0.552. The molecule has 0 amide bonds. The standard InChI is InChI=1S/C3H7N4O2P/c1-2-3(9-2)10(5,8)7-6-4/h2-3H,1H3,(H2,5,8)/t2-,3+,10?/m1/s1. The second kappa shape index (κ2) is 2.25. The Morgan fingerprint density at radius 3 is 2.70 bits per heavy atom. The average molecular weight is 162 g/mol. The van der Waals surface area contributed by atoms with E-state index in [1.165, 1.54) is 0 Å². The Labute approximate surface area is 57.5 Å². The van der Waals surface area contributed by atoms with Crippen LogP contribution in [-0.2, 0) is 9.30 Å². The molecule has 0 saturated carbocycles. The van der Waals surface area contributed by atoms with Crippen molar-refractivity contribution in [1.82, 2.24) is 0 Å². The minimum atomic E-state index is -3.22. The van der Waals surface area contributed by atoms with Gasteiger partial charge in [-0.1, -0.05) is 0 Å². The van der Waals surface area contributed by atoms with Crippen molar-refractivity contribution in [3.05, 3.63) is 10.4 Å². The van der Waals surface area contributed by atoms with Crippen LogP contribution in [0, 0.1) is 0 Å². The summed E-state index contributed by atoms with van der Waals surface area (Å²) in [6.45, 7) is 1.72. The molecule has 1 unspecified atom stereocenters. The topological polar surface area (TPSA) is 104 Å². The van der Waals surface area contributed by atoms with Crippen molar-refractivity contribution in [3.8, 4) is 0 Å². The van der Waals surface area contributed by atoms with E-state index in [-0.39, 0.29) is 6.10 Å². The zero-order chi connectivity index (χ0) is 7.78. The van der Waals surface area contributed by atoms with Crippen LogP contribution >= 0.6 is 7.44 Å². The summed E-state index contributed by atoms with van der Waals surface area (Å²) in [6.07, 6.45) is -0.138. The van der Waals surface area contributed by atoms with Crippen molar-refractivity contribution >= 4 is 7.44 Å². The number of epoxide rings is 1. The fraction of sp³-hybridized carbons (Fsp3) is 1.00. The van der Waals surface area contributed by atoms with Crippen LogP contribution in [0.15, 0.2) is 4.88 Å². The van der Waals surface area contributed by atoms with Crippen LogP contribution in [0.25, 0.3) is 10.4 Å². The SMILES string of the molecule is C[C@H]1O[C@H]1P(N)(=O)N=[N+]=[N-]. The van der Waals surface area contributed by atoms with Gasteiger partial charge in [0.05, 0.1) is 6.10 Å². The van der Waals surface area contributed by atoms with Crippen molar-refractivity contribution in [2.45, 2.75) is 18.9 Å². The monoisotopic (exact) mass is 162 g/mol. The van der Waals surface area contributed by atoms with Gasteiger partial charge >= 0.3 is 0 Å². The van der Waals surface area contributed by atoms with Crippen LogP contribution in [0.1, 0.15) is 6.92 Å². The Bertz CT molecular complexity index is 235. The van der Waals surface area contributed by atoms with Crippen LogP contribution < -0.4 is 5.50 Å². The Morgan fingerprint density at radius 1 is 1.90 bits per heavy atom. The molecule has 0 aliphatic carbocycles. The maximum atomic E-state index is 11.0. The molecule has 0 aromatic rings. The molecule has 0 bridgehead atoms. The smallest absolute Gasteiger partial charge is 0.261 e. The van der Waals surface area contributed by atoms with Crippen LogP contribution in [-0.4, -0.2) is 11.9 Å². The van der Waals surface area contributed by atoms with E-state index in [0.29, 0.717) is 0 Å². The van der Waals surface area contributed by atoms with Gasteiger partial charge in [-0.25, -0.2) is 0 Å². The molecule has 1 rings (SSSR count). The molecule has 6 nitrogen and oxygen atoms in total. The number of rotatable bonds is 2. The lowest BCUT2D eigenvalue weighted by atomic mass is 10.6. The predicted molar refractivity (Wildman–Crippen MR) is 35.3 cm³/mol. The molecular formula is C3H7N4O2P. The van der Waals surface area contributed by atoms with E-state index in [0.717, 1.165) is 0 Å². The van der Waals surface area contributed by atoms with Gasteiger partial charge in [-0.2, -0.15) is 0 Å². The highest BCUT2D eigenvalue weighted by Crippen LogP contribution is 2.54. The Hall–Kier alpha value is -0.540. The van der Waals surface area contributed by atoms with Crippen LogP contribution in [0.2, 0.25) is 0 Å². The molecule has 56 valence electrons. The lowest BCUT2D eigenvalue weighted by molar-refractivity contribution is 0.405. The van der Waals surface area contributed by atoms with Crippen LogP contribution in [0.5, 0.6) is 0 Å².